The predicted octanol–water partition coefficient (Wildman–Crippen LogP) is 3.97. The van der Waals surface area contributed by atoms with Crippen LogP contribution in [0.2, 0.25) is 5.28 Å². The maximum atomic E-state index is 6.19. The van der Waals surface area contributed by atoms with Crippen molar-refractivity contribution in [1.29, 1.82) is 0 Å². The summed E-state index contributed by atoms with van der Waals surface area (Å²) in [5.74, 6) is 0.675. The molecular weight excluding hydrogens is 292 g/mol. The molecule has 3 aromatic heterocycles. The first-order chi connectivity index (χ1) is 9.72. The third-order valence-electron chi connectivity index (χ3n) is 3.13. The number of para-hydroxylation sites is 1. The molecule has 0 atom stereocenters. The molecule has 0 unspecified atom stereocenters. The standard InChI is InChI=1S/C14H9ClN4S/c1-8-6-9(7-20-8)12-17-13-10-4-2-3-5-11(10)16-14(15)19(13)18-12/h2-7H,1H3. The van der Waals surface area contributed by atoms with Crippen LogP contribution in [-0.2, 0) is 0 Å². The number of thiophene rings is 1. The summed E-state index contributed by atoms with van der Waals surface area (Å²) in [6.07, 6.45) is 0. The van der Waals surface area contributed by atoms with Gasteiger partial charge in [0, 0.05) is 21.2 Å². The van der Waals surface area contributed by atoms with Crippen molar-refractivity contribution < 1.29 is 0 Å². The van der Waals surface area contributed by atoms with Gasteiger partial charge >= 0.3 is 0 Å². The zero-order valence-electron chi connectivity index (χ0n) is 10.5. The minimum atomic E-state index is 0.324. The van der Waals surface area contributed by atoms with Crippen LogP contribution in [0.25, 0.3) is 27.9 Å². The number of hydrogen-bond donors (Lipinski definition) is 0. The molecule has 1 aromatic carbocycles. The van der Waals surface area contributed by atoms with E-state index in [1.165, 1.54) is 4.88 Å². The third-order valence-corrected chi connectivity index (χ3v) is 4.23. The van der Waals surface area contributed by atoms with Crippen LogP contribution in [0.4, 0.5) is 0 Å². The molecule has 0 spiro atoms. The van der Waals surface area contributed by atoms with E-state index >= 15 is 0 Å². The summed E-state index contributed by atoms with van der Waals surface area (Å²) in [5.41, 5.74) is 2.57. The number of aryl methyl sites for hydroxylation is 1. The molecule has 0 bridgehead atoms. The lowest BCUT2D eigenvalue weighted by Gasteiger charge is -1.99. The molecule has 4 nitrogen and oxygen atoms in total. The predicted molar refractivity (Wildman–Crippen MR) is 81.3 cm³/mol. The first kappa shape index (κ1) is 11.8. The van der Waals surface area contributed by atoms with Gasteiger partial charge < -0.3 is 0 Å². The van der Waals surface area contributed by atoms with E-state index in [0.29, 0.717) is 11.1 Å². The minimum absolute atomic E-state index is 0.324. The zero-order valence-corrected chi connectivity index (χ0v) is 12.1. The van der Waals surface area contributed by atoms with E-state index in [2.05, 4.69) is 28.1 Å². The Morgan fingerprint density at radius 1 is 1.20 bits per heavy atom. The van der Waals surface area contributed by atoms with Gasteiger partial charge in [-0.1, -0.05) is 12.1 Å². The van der Waals surface area contributed by atoms with E-state index in [9.17, 15) is 0 Å². The number of nitrogens with zero attached hydrogens (tertiary/aromatic N) is 4. The molecule has 0 saturated heterocycles. The molecule has 4 rings (SSSR count). The SMILES string of the molecule is Cc1cc(-c2nc3c4ccccc4nc(Cl)n3n2)cs1. The first-order valence-electron chi connectivity index (χ1n) is 6.09. The van der Waals surface area contributed by atoms with E-state index in [1.807, 2.05) is 29.6 Å². The second kappa shape index (κ2) is 4.26. The smallest absolute Gasteiger partial charge is 0.218 e. The number of hydrogen-bond acceptors (Lipinski definition) is 4. The topological polar surface area (TPSA) is 43.1 Å². The lowest BCUT2D eigenvalue weighted by Crippen LogP contribution is -1.94. The number of benzene rings is 1. The van der Waals surface area contributed by atoms with Crippen LogP contribution in [-0.4, -0.2) is 19.6 Å². The van der Waals surface area contributed by atoms with Crippen LogP contribution in [0.1, 0.15) is 4.88 Å². The van der Waals surface area contributed by atoms with E-state index in [1.54, 1.807) is 15.9 Å². The summed E-state index contributed by atoms with van der Waals surface area (Å²) in [5, 5.41) is 7.78. The summed E-state index contributed by atoms with van der Waals surface area (Å²) in [4.78, 5) is 10.2. The number of aromatic nitrogens is 4. The quantitative estimate of drug-likeness (QED) is 0.500. The van der Waals surface area contributed by atoms with E-state index < -0.39 is 0 Å². The van der Waals surface area contributed by atoms with Gasteiger partial charge in [-0.3, -0.25) is 0 Å². The highest BCUT2D eigenvalue weighted by Gasteiger charge is 2.13. The highest BCUT2D eigenvalue weighted by molar-refractivity contribution is 7.10. The molecule has 3 heterocycles. The van der Waals surface area contributed by atoms with Crippen LogP contribution >= 0.6 is 22.9 Å². The van der Waals surface area contributed by atoms with Crippen molar-refractivity contribution in [2.75, 3.05) is 0 Å². The Morgan fingerprint density at radius 2 is 2.05 bits per heavy atom. The molecule has 0 saturated carbocycles. The van der Waals surface area contributed by atoms with Crippen molar-refractivity contribution in [3.63, 3.8) is 0 Å². The van der Waals surface area contributed by atoms with Crippen molar-refractivity contribution in [3.8, 4) is 11.4 Å². The van der Waals surface area contributed by atoms with Gasteiger partial charge in [-0.25, -0.2) is 9.97 Å². The molecule has 4 aromatic rings. The highest BCUT2D eigenvalue weighted by Crippen LogP contribution is 2.26. The Hall–Kier alpha value is -1.98. The van der Waals surface area contributed by atoms with Gasteiger partial charge in [0.1, 0.15) is 0 Å². The molecular formula is C14H9ClN4S. The Bertz CT molecular complexity index is 941. The lowest BCUT2D eigenvalue weighted by atomic mass is 10.2. The molecule has 0 aliphatic heterocycles. The van der Waals surface area contributed by atoms with Gasteiger partial charge in [0.15, 0.2) is 11.5 Å². The minimum Gasteiger partial charge on any atom is -0.218 e. The average molecular weight is 301 g/mol. The van der Waals surface area contributed by atoms with Crippen LogP contribution in [0, 0.1) is 6.92 Å². The molecule has 0 aliphatic carbocycles. The molecule has 0 amide bonds. The van der Waals surface area contributed by atoms with E-state index in [0.717, 1.165) is 22.1 Å². The molecule has 0 fully saturated rings. The second-order valence-corrected chi connectivity index (χ2v) is 5.97. The van der Waals surface area contributed by atoms with Crippen molar-refractivity contribution in [2.45, 2.75) is 6.92 Å². The van der Waals surface area contributed by atoms with Crippen molar-refractivity contribution >= 4 is 39.5 Å². The molecule has 20 heavy (non-hydrogen) atoms. The van der Waals surface area contributed by atoms with Crippen LogP contribution in [0.3, 0.4) is 0 Å². The molecule has 0 N–H and O–H groups in total. The zero-order chi connectivity index (χ0) is 13.7. The average Bonchev–Trinajstić information content (AvgIpc) is 3.05. The molecule has 0 aliphatic rings. The maximum absolute atomic E-state index is 6.19. The second-order valence-electron chi connectivity index (χ2n) is 4.51. The Morgan fingerprint density at radius 3 is 2.85 bits per heavy atom. The van der Waals surface area contributed by atoms with Gasteiger partial charge in [-0.05, 0) is 36.7 Å². The number of rotatable bonds is 1. The van der Waals surface area contributed by atoms with Crippen molar-refractivity contribution in [3.05, 3.63) is 45.9 Å². The fourth-order valence-corrected chi connectivity index (χ4v) is 3.10. The largest absolute Gasteiger partial charge is 0.226 e. The third kappa shape index (κ3) is 1.71. The normalized spacial score (nSPS) is 11.5. The first-order valence-corrected chi connectivity index (χ1v) is 7.35. The maximum Gasteiger partial charge on any atom is 0.226 e. The van der Waals surface area contributed by atoms with Crippen molar-refractivity contribution in [1.82, 2.24) is 19.6 Å². The van der Waals surface area contributed by atoms with E-state index in [-0.39, 0.29) is 0 Å². The van der Waals surface area contributed by atoms with Crippen LogP contribution < -0.4 is 0 Å². The lowest BCUT2D eigenvalue weighted by molar-refractivity contribution is 0.939. The monoisotopic (exact) mass is 300 g/mol. The fourth-order valence-electron chi connectivity index (χ4n) is 2.21. The van der Waals surface area contributed by atoms with Crippen LogP contribution in [0.15, 0.2) is 35.7 Å². The molecule has 98 valence electrons. The number of halogens is 1. The van der Waals surface area contributed by atoms with E-state index in [4.69, 9.17) is 11.6 Å². The molecule has 6 heteroatoms. The summed E-state index contributed by atoms with van der Waals surface area (Å²) >= 11 is 7.87. The van der Waals surface area contributed by atoms with Gasteiger partial charge in [-0.2, -0.15) is 4.52 Å². The Labute approximate surface area is 123 Å². The van der Waals surface area contributed by atoms with Crippen LogP contribution in [0.5, 0.6) is 0 Å². The summed E-state index contributed by atoms with van der Waals surface area (Å²) in [6.45, 7) is 2.06. The van der Waals surface area contributed by atoms with Crippen molar-refractivity contribution in [2.24, 2.45) is 0 Å². The van der Waals surface area contributed by atoms with Gasteiger partial charge in [-0.15, -0.1) is 16.4 Å². The Kier molecular flexibility index (Phi) is 2.52. The number of fused-ring (bicyclic) bond motifs is 3. The summed E-state index contributed by atoms with van der Waals surface area (Å²) in [6, 6.07) is 9.86. The summed E-state index contributed by atoms with van der Waals surface area (Å²) in [7, 11) is 0. The molecule has 0 radical (unpaired) electrons. The van der Waals surface area contributed by atoms with Gasteiger partial charge in [0.05, 0.1) is 5.52 Å². The summed E-state index contributed by atoms with van der Waals surface area (Å²) < 4.78 is 1.59. The van der Waals surface area contributed by atoms with Gasteiger partial charge in [0.25, 0.3) is 0 Å². The fraction of sp³-hybridized carbons (Fsp3) is 0.0714. The Balaban J connectivity index is 2.07. The highest BCUT2D eigenvalue weighted by atomic mass is 35.5. The van der Waals surface area contributed by atoms with Gasteiger partial charge in [0.2, 0.25) is 5.28 Å².